The molecule has 0 spiro atoms. The topological polar surface area (TPSA) is 87.5 Å². The lowest BCUT2D eigenvalue weighted by atomic mass is 10.0. The van der Waals surface area contributed by atoms with Crippen molar-refractivity contribution in [3.63, 3.8) is 0 Å². The summed E-state index contributed by atoms with van der Waals surface area (Å²) in [6.07, 6.45) is 1.76. The minimum Gasteiger partial charge on any atom is -0.335 e. The molecule has 0 saturated carbocycles. The van der Waals surface area contributed by atoms with Crippen molar-refractivity contribution in [3.05, 3.63) is 95.8 Å². The molecule has 0 radical (unpaired) electrons. The highest BCUT2D eigenvalue weighted by molar-refractivity contribution is 5.85. The van der Waals surface area contributed by atoms with Gasteiger partial charge in [0.25, 0.3) is 0 Å². The van der Waals surface area contributed by atoms with E-state index < -0.39 is 0 Å². The van der Waals surface area contributed by atoms with Crippen molar-refractivity contribution in [1.82, 2.24) is 4.98 Å². The molecule has 0 aliphatic rings. The van der Waals surface area contributed by atoms with Crippen LogP contribution < -0.4 is 4.90 Å². The molecule has 0 aliphatic heterocycles. The molecule has 1 aromatic heterocycles. The van der Waals surface area contributed by atoms with Crippen LogP contribution in [0.3, 0.4) is 0 Å². The highest BCUT2D eigenvalue weighted by Gasteiger charge is 2.13. The molecule has 28 heavy (non-hydrogen) atoms. The van der Waals surface area contributed by atoms with E-state index in [2.05, 4.69) is 9.88 Å². The van der Waals surface area contributed by atoms with Gasteiger partial charge in [0.1, 0.15) is 23.8 Å². The van der Waals surface area contributed by atoms with Crippen LogP contribution in [0.2, 0.25) is 0 Å². The Morgan fingerprint density at radius 1 is 0.750 bits per heavy atom. The van der Waals surface area contributed by atoms with Crippen LogP contribution in [0.5, 0.6) is 0 Å². The normalized spacial score (nSPS) is 9.46. The first-order chi connectivity index (χ1) is 13.8. The Balaban J connectivity index is 2.00. The molecular weight excluding hydrogens is 346 g/mol. The first kappa shape index (κ1) is 18.4. The molecule has 3 rings (SSSR count). The van der Waals surface area contributed by atoms with Crippen LogP contribution in [0.4, 0.5) is 11.4 Å². The molecule has 0 aliphatic carbocycles. The molecule has 1 heterocycles. The Bertz CT molecular complexity index is 1080. The van der Waals surface area contributed by atoms with E-state index in [-0.39, 0.29) is 11.1 Å². The van der Waals surface area contributed by atoms with Crippen LogP contribution in [0.25, 0.3) is 5.57 Å². The molecule has 0 amide bonds. The van der Waals surface area contributed by atoms with E-state index in [1.165, 1.54) is 0 Å². The zero-order chi connectivity index (χ0) is 19.8. The van der Waals surface area contributed by atoms with Crippen LogP contribution in [0.1, 0.15) is 11.3 Å². The molecule has 0 atom stereocenters. The summed E-state index contributed by atoms with van der Waals surface area (Å²) < 4.78 is 0. The van der Waals surface area contributed by atoms with Crippen molar-refractivity contribution in [2.75, 3.05) is 4.90 Å². The summed E-state index contributed by atoms with van der Waals surface area (Å²) in [5.41, 5.74) is 3.26. The minimum atomic E-state index is -0.191. The van der Waals surface area contributed by atoms with Gasteiger partial charge in [0, 0.05) is 17.6 Å². The molecular formula is C23H15N5. The third-order valence-corrected chi connectivity index (χ3v) is 4.17. The van der Waals surface area contributed by atoms with Crippen molar-refractivity contribution >= 4 is 16.9 Å². The summed E-state index contributed by atoms with van der Waals surface area (Å²) in [6.45, 7) is 0.576. The van der Waals surface area contributed by atoms with Crippen LogP contribution in [-0.4, -0.2) is 4.98 Å². The average Bonchev–Trinajstić information content (AvgIpc) is 2.77. The maximum absolute atomic E-state index is 9.33. The van der Waals surface area contributed by atoms with Crippen molar-refractivity contribution < 1.29 is 0 Å². The second kappa shape index (κ2) is 8.81. The van der Waals surface area contributed by atoms with E-state index in [9.17, 15) is 5.26 Å². The van der Waals surface area contributed by atoms with Gasteiger partial charge in [-0.25, -0.2) is 0 Å². The van der Waals surface area contributed by atoms with E-state index in [0.717, 1.165) is 17.1 Å². The second-order valence-corrected chi connectivity index (χ2v) is 5.88. The van der Waals surface area contributed by atoms with Gasteiger partial charge in [-0.05, 0) is 42.0 Å². The summed E-state index contributed by atoms with van der Waals surface area (Å²) in [5, 5.41) is 27.4. The van der Waals surface area contributed by atoms with Gasteiger partial charge in [-0.15, -0.1) is 0 Å². The van der Waals surface area contributed by atoms with Crippen molar-refractivity contribution in [2.24, 2.45) is 0 Å². The lowest BCUT2D eigenvalue weighted by Gasteiger charge is -2.25. The van der Waals surface area contributed by atoms with Gasteiger partial charge in [-0.2, -0.15) is 15.8 Å². The number of anilines is 2. The van der Waals surface area contributed by atoms with Gasteiger partial charge in [0.05, 0.1) is 17.8 Å². The van der Waals surface area contributed by atoms with Crippen LogP contribution in [-0.2, 0) is 6.54 Å². The number of hydrogen-bond donors (Lipinski definition) is 0. The largest absolute Gasteiger partial charge is 0.335 e. The molecule has 0 N–H and O–H groups in total. The predicted octanol–water partition coefficient (Wildman–Crippen LogP) is 4.74. The zero-order valence-corrected chi connectivity index (χ0v) is 14.9. The summed E-state index contributed by atoms with van der Waals surface area (Å²) in [6, 6.07) is 28.5. The van der Waals surface area contributed by atoms with Crippen molar-refractivity contribution in [3.8, 4) is 18.2 Å². The summed E-state index contributed by atoms with van der Waals surface area (Å²) >= 11 is 0. The van der Waals surface area contributed by atoms with Gasteiger partial charge >= 0.3 is 0 Å². The monoisotopic (exact) mass is 361 g/mol. The van der Waals surface area contributed by atoms with Crippen molar-refractivity contribution in [1.29, 1.82) is 15.8 Å². The standard InChI is InChI=1S/C23H15N5/c24-14-19(15-25)23(16-26)18-9-11-22(12-10-18)28(21-7-2-1-3-8-21)17-20-6-4-5-13-27-20/h1-13H,17H2. The Hall–Kier alpha value is -4.40. The first-order valence-electron chi connectivity index (χ1n) is 8.54. The van der Waals surface area contributed by atoms with Crippen molar-refractivity contribution in [2.45, 2.75) is 6.54 Å². The van der Waals surface area contributed by atoms with Gasteiger partial charge in [0.15, 0.2) is 0 Å². The predicted molar refractivity (Wildman–Crippen MR) is 107 cm³/mol. The number of pyridine rings is 1. The van der Waals surface area contributed by atoms with Crippen LogP contribution in [0, 0.1) is 34.0 Å². The van der Waals surface area contributed by atoms with Crippen LogP contribution in [0.15, 0.2) is 84.6 Å². The molecule has 132 valence electrons. The molecule has 5 nitrogen and oxygen atoms in total. The fraction of sp³-hybridized carbons (Fsp3) is 0.0435. The average molecular weight is 361 g/mol. The Morgan fingerprint density at radius 3 is 1.96 bits per heavy atom. The van der Waals surface area contributed by atoms with E-state index in [4.69, 9.17) is 10.5 Å². The molecule has 0 fully saturated rings. The lowest BCUT2D eigenvalue weighted by molar-refractivity contribution is 0.927. The number of aromatic nitrogens is 1. The fourth-order valence-electron chi connectivity index (χ4n) is 2.80. The number of allylic oxidation sites excluding steroid dienone is 2. The first-order valence-corrected chi connectivity index (χ1v) is 8.54. The number of nitriles is 3. The Kier molecular flexibility index (Phi) is 5.79. The summed E-state index contributed by atoms with van der Waals surface area (Å²) in [7, 11) is 0. The molecule has 0 saturated heterocycles. The van der Waals surface area contributed by atoms with E-state index in [1.807, 2.05) is 66.7 Å². The smallest absolute Gasteiger partial charge is 0.148 e. The van der Waals surface area contributed by atoms with E-state index in [0.29, 0.717) is 12.1 Å². The van der Waals surface area contributed by atoms with Gasteiger partial charge < -0.3 is 4.90 Å². The molecule has 2 aromatic carbocycles. The number of benzene rings is 2. The lowest BCUT2D eigenvalue weighted by Crippen LogP contribution is -2.17. The minimum absolute atomic E-state index is 0.0764. The van der Waals surface area contributed by atoms with Gasteiger partial charge in [0.2, 0.25) is 0 Å². The number of rotatable bonds is 5. The summed E-state index contributed by atoms with van der Waals surface area (Å²) in [4.78, 5) is 6.52. The molecule has 0 bridgehead atoms. The SMILES string of the molecule is N#CC(C#N)=C(C#N)c1ccc(N(Cc2ccccn2)c2ccccc2)cc1. The summed E-state index contributed by atoms with van der Waals surface area (Å²) in [5.74, 6) is 0. The maximum Gasteiger partial charge on any atom is 0.148 e. The highest BCUT2D eigenvalue weighted by atomic mass is 15.1. The Labute approximate surface area is 163 Å². The van der Waals surface area contributed by atoms with E-state index >= 15 is 0 Å². The number of nitrogens with zero attached hydrogens (tertiary/aromatic N) is 5. The maximum atomic E-state index is 9.33. The fourth-order valence-corrected chi connectivity index (χ4v) is 2.80. The quantitative estimate of drug-likeness (QED) is 0.612. The third-order valence-electron chi connectivity index (χ3n) is 4.17. The molecule has 3 aromatic rings. The Morgan fingerprint density at radius 2 is 1.39 bits per heavy atom. The van der Waals surface area contributed by atoms with E-state index in [1.54, 1.807) is 30.5 Å². The molecule has 5 heteroatoms. The van der Waals surface area contributed by atoms with Gasteiger partial charge in [-0.1, -0.05) is 36.4 Å². The number of hydrogen-bond acceptors (Lipinski definition) is 5. The third kappa shape index (κ3) is 4.05. The van der Waals surface area contributed by atoms with Gasteiger partial charge in [-0.3, -0.25) is 4.98 Å². The van der Waals surface area contributed by atoms with Crippen LogP contribution >= 0.6 is 0 Å². The second-order valence-electron chi connectivity index (χ2n) is 5.88. The number of para-hydroxylation sites is 1. The highest BCUT2D eigenvalue weighted by Crippen LogP contribution is 2.29. The zero-order valence-electron chi connectivity index (χ0n) is 14.9. The molecule has 0 unspecified atom stereocenters.